The zero-order valence-corrected chi connectivity index (χ0v) is 28.8. The van der Waals surface area contributed by atoms with Crippen LogP contribution in [-0.4, -0.2) is 69.5 Å². The number of carbonyl (C=O) groups is 2. The molecule has 6 rings (SSSR count). The van der Waals surface area contributed by atoms with E-state index in [1.807, 2.05) is 13.0 Å². The largest absolute Gasteiger partial charge is 0.479 e. The molecule has 1 amide bonds. The van der Waals surface area contributed by atoms with Gasteiger partial charge in [0.1, 0.15) is 13.4 Å². The third kappa shape index (κ3) is 7.24. The molecule has 1 aromatic heterocycles. The van der Waals surface area contributed by atoms with Crippen molar-refractivity contribution in [3.8, 4) is 0 Å². The van der Waals surface area contributed by atoms with Crippen molar-refractivity contribution in [1.29, 1.82) is 0 Å². The van der Waals surface area contributed by atoms with Crippen molar-refractivity contribution in [3.63, 3.8) is 0 Å². The monoisotopic (exact) mass is 704 g/mol. The molecule has 3 aromatic carbocycles. The predicted octanol–water partition coefficient (Wildman–Crippen LogP) is 4.61. The van der Waals surface area contributed by atoms with E-state index in [4.69, 9.17) is 14.2 Å². The molecular formula is C36H40N4O9S. The van der Waals surface area contributed by atoms with Crippen molar-refractivity contribution in [2.24, 2.45) is 0 Å². The number of H-pyrrole nitrogens is 1. The van der Waals surface area contributed by atoms with E-state index in [0.29, 0.717) is 53.7 Å². The molecule has 2 aliphatic carbocycles. The van der Waals surface area contributed by atoms with Crippen molar-refractivity contribution in [1.82, 2.24) is 10.3 Å². The van der Waals surface area contributed by atoms with Gasteiger partial charge < -0.3 is 34.9 Å². The van der Waals surface area contributed by atoms with Gasteiger partial charge >= 0.3 is 12.1 Å². The average molecular weight is 705 g/mol. The molecule has 13 nitrogen and oxygen atoms in total. The Morgan fingerprint density at radius 2 is 1.84 bits per heavy atom. The number of hydrogen-bond acceptors (Lipinski definition) is 10. The summed E-state index contributed by atoms with van der Waals surface area (Å²) in [6.45, 7) is 2.18. The lowest BCUT2D eigenvalue weighted by molar-refractivity contribution is -0.138. The van der Waals surface area contributed by atoms with Crippen LogP contribution in [0.3, 0.4) is 0 Å². The van der Waals surface area contributed by atoms with Crippen LogP contribution < -0.4 is 21.5 Å². The van der Waals surface area contributed by atoms with Crippen LogP contribution in [0.1, 0.15) is 47.6 Å². The number of carbonyl (C=O) groups excluding carboxylic acids is 1. The van der Waals surface area contributed by atoms with Gasteiger partial charge in [0.05, 0.1) is 21.7 Å². The van der Waals surface area contributed by atoms with Gasteiger partial charge in [-0.1, -0.05) is 24.3 Å². The van der Waals surface area contributed by atoms with Crippen molar-refractivity contribution in [2.75, 3.05) is 38.2 Å². The summed E-state index contributed by atoms with van der Waals surface area (Å²) in [5.74, 6) is -1.10. The first-order valence-corrected chi connectivity index (χ1v) is 17.8. The highest BCUT2D eigenvalue weighted by atomic mass is 32.2. The summed E-state index contributed by atoms with van der Waals surface area (Å²) in [4.78, 5) is 40.7. The second-order valence-corrected chi connectivity index (χ2v) is 15.0. The number of fused-ring (bicyclic) bond motifs is 1. The topological polar surface area (TPSA) is 185 Å². The molecule has 0 saturated heterocycles. The van der Waals surface area contributed by atoms with Gasteiger partial charge in [0.25, 0.3) is 5.56 Å². The molecule has 50 heavy (non-hydrogen) atoms. The summed E-state index contributed by atoms with van der Waals surface area (Å²) in [7, 11) is -0.192. The number of benzene rings is 3. The van der Waals surface area contributed by atoms with E-state index >= 15 is 0 Å². The number of aryl methyl sites for hydroxylation is 1. The van der Waals surface area contributed by atoms with Crippen molar-refractivity contribution >= 4 is 44.0 Å². The van der Waals surface area contributed by atoms with Crippen LogP contribution in [-0.2, 0) is 40.8 Å². The number of pyridine rings is 1. The van der Waals surface area contributed by atoms with E-state index < -0.39 is 33.4 Å². The molecule has 264 valence electrons. The second kappa shape index (κ2) is 14.2. The predicted molar refractivity (Wildman–Crippen MR) is 187 cm³/mol. The smallest absolute Gasteiger partial charge is 0.411 e. The fourth-order valence-electron chi connectivity index (χ4n) is 6.48. The van der Waals surface area contributed by atoms with Crippen LogP contribution >= 0.6 is 0 Å². The van der Waals surface area contributed by atoms with E-state index in [-0.39, 0.29) is 35.2 Å². The zero-order chi connectivity index (χ0) is 35.6. The Balaban J connectivity index is 1.19. The number of anilines is 2. The molecule has 2 unspecified atom stereocenters. The maximum atomic E-state index is 13.1. The minimum Gasteiger partial charge on any atom is -0.479 e. The van der Waals surface area contributed by atoms with Gasteiger partial charge in [-0.15, -0.1) is 0 Å². The number of aromatic nitrogens is 1. The van der Waals surface area contributed by atoms with Gasteiger partial charge in [-0.25, -0.2) is 18.0 Å². The summed E-state index contributed by atoms with van der Waals surface area (Å²) < 4.78 is 42.6. The van der Waals surface area contributed by atoms with Gasteiger partial charge in [0, 0.05) is 36.6 Å². The highest BCUT2D eigenvalue weighted by Crippen LogP contribution is 2.52. The number of ether oxygens (including phenoxy) is 3. The standard InChI is InChI=1S/C36H40N4O9S/c1-21-14-23(32(34(42)43)39-26-6-4-22-12-13-38-33(41)28(22)16-26)5-10-29(21)36(17-31(36)49-20-47-3)19-48-35(44)40-25-7-11-30(24(15-25)18-37-2)50(45,46)27-8-9-27/h4-7,10-16,27,31-32,37,39H,8-9,17-20H2,1-3H3,(H,38,41)(H,40,44)(H,42,43)/t31-,32?,36?/m1/s1. The summed E-state index contributed by atoms with van der Waals surface area (Å²) in [5.41, 5.74) is 2.57. The fourth-order valence-corrected chi connectivity index (χ4v) is 8.35. The van der Waals surface area contributed by atoms with Crippen LogP contribution in [0.2, 0.25) is 0 Å². The number of rotatable bonds is 15. The van der Waals surface area contributed by atoms with Crippen molar-refractivity contribution in [3.05, 3.63) is 99.5 Å². The molecule has 4 aromatic rings. The van der Waals surface area contributed by atoms with E-state index in [0.717, 1.165) is 16.5 Å². The van der Waals surface area contributed by atoms with Crippen molar-refractivity contribution in [2.45, 2.75) is 60.4 Å². The highest BCUT2D eigenvalue weighted by molar-refractivity contribution is 7.92. The molecule has 2 saturated carbocycles. The summed E-state index contributed by atoms with van der Waals surface area (Å²) >= 11 is 0. The quantitative estimate of drug-likeness (QED) is 0.109. The lowest BCUT2D eigenvalue weighted by Crippen LogP contribution is -2.27. The minimum absolute atomic E-state index is 0.0306. The molecule has 0 radical (unpaired) electrons. The Bertz CT molecular complexity index is 2100. The third-order valence-electron chi connectivity index (χ3n) is 9.25. The number of aliphatic carboxylic acids is 1. The number of carboxylic acids is 1. The van der Waals surface area contributed by atoms with Gasteiger partial charge in [-0.3, -0.25) is 10.1 Å². The third-order valence-corrected chi connectivity index (χ3v) is 11.6. The molecule has 0 bridgehead atoms. The van der Waals surface area contributed by atoms with Gasteiger partial charge in [-0.05, 0) is 97.3 Å². The number of hydrogen-bond donors (Lipinski definition) is 5. The Morgan fingerprint density at radius 1 is 1.06 bits per heavy atom. The second-order valence-electron chi connectivity index (χ2n) is 12.8. The zero-order valence-electron chi connectivity index (χ0n) is 27.9. The molecule has 2 aliphatic rings. The lowest BCUT2D eigenvalue weighted by atomic mass is 9.89. The summed E-state index contributed by atoms with van der Waals surface area (Å²) in [5, 5.41) is 19.7. The Morgan fingerprint density at radius 3 is 2.54 bits per heavy atom. The summed E-state index contributed by atoms with van der Waals surface area (Å²) in [6, 6.07) is 15.8. The molecule has 2 fully saturated rings. The summed E-state index contributed by atoms with van der Waals surface area (Å²) in [6.07, 6.45) is 2.36. The SMILES string of the molecule is CNCc1cc(NC(=O)OCC2(c3ccc(C(Nc4ccc5cc[nH]c(=O)c5c4)C(=O)O)cc3C)C[C@H]2OCOC)ccc1S(=O)(=O)C1CC1. The average Bonchev–Trinajstić information content (AvgIpc) is 4.02. The number of amides is 1. The molecule has 5 N–H and O–H groups in total. The molecule has 14 heteroatoms. The van der Waals surface area contributed by atoms with Crippen molar-refractivity contribution < 1.29 is 37.3 Å². The maximum Gasteiger partial charge on any atom is 0.411 e. The van der Waals surface area contributed by atoms with Crippen LogP contribution in [0, 0.1) is 6.92 Å². The lowest BCUT2D eigenvalue weighted by Gasteiger charge is -2.23. The van der Waals surface area contributed by atoms with Gasteiger partial charge in [0.2, 0.25) is 0 Å². The maximum absolute atomic E-state index is 13.1. The molecular weight excluding hydrogens is 664 g/mol. The molecule has 0 spiro atoms. The highest BCUT2D eigenvalue weighted by Gasteiger charge is 2.58. The normalized spacial score (nSPS) is 19.1. The fraction of sp³-hybridized carbons (Fsp3) is 0.361. The van der Waals surface area contributed by atoms with Crippen LogP contribution in [0.5, 0.6) is 0 Å². The number of methoxy groups -OCH3 is 1. The van der Waals surface area contributed by atoms with E-state index in [1.54, 1.807) is 61.8 Å². The molecule has 1 heterocycles. The first kappa shape index (κ1) is 35.1. The van der Waals surface area contributed by atoms with Crippen LogP contribution in [0.15, 0.2) is 76.6 Å². The Hall–Kier alpha value is -4.76. The number of carboxylic acid groups (broad SMARTS) is 1. The molecule has 0 aliphatic heterocycles. The minimum atomic E-state index is -3.43. The number of aromatic amines is 1. The Kier molecular flexibility index (Phi) is 9.98. The first-order chi connectivity index (χ1) is 24.0. The Labute approximate surface area is 289 Å². The first-order valence-electron chi connectivity index (χ1n) is 16.2. The van der Waals surface area contributed by atoms with E-state index in [9.17, 15) is 27.9 Å². The van der Waals surface area contributed by atoms with Crippen LogP contribution in [0.25, 0.3) is 10.8 Å². The van der Waals surface area contributed by atoms with Gasteiger partial charge in [0.15, 0.2) is 15.9 Å². The van der Waals surface area contributed by atoms with E-state index in [1.165, 1.54) is 13.2 Å². The number of nitrogens with one attached hydrogen (secondary N) is 4. The molecule has 3 atom stereocenters. The number of sulfone groups is 1. The van der Waals surface area contributed by atoms with Gasteiger partial charge in [-0.2, -0.15) is 0 Å². The van der Waals surface area contributed by atoms with E-state index in [2.05, 4.69) is 20.9 Å². The van der Waals surface area contributed by atoms with Crippen LogP contribution in [0.4, 0.5) is 16.2 Å².